The van der Waals surface area contributed by atoms with Crippen molar-refractivity contribution < 1.29 is 14.4 Å². The number of rotatable bonds is 2. The molecule has 0 radical (unpaired) electrons. The van der Waals surface area contributed by atoms with Crippen molar-refractivity contribution in [1.29, 1.82) is 0 Å². The molecular formula is C9H14N4O3. The third-order valence-corrected chi connectivity index (χ3v) is 2.62. The first-order chi connectivity index (χ1) is 7.65. The van der Waals surface area contributed by atoms with Crippen molar-refractivity contribution in [2.24, 2.45) is 0 Å². The molecule has 7 heteroatoms. The van der Waals surface area contributed by atoms with Crippen LogP contribution in [0.1, 0.15) is 29.4 Å². The summed E-state index contributed by atoms with van der Waals surface area (Å²) in [7, 11) is 1.48. The van der Waals surface area contributed by atoms with Gasteiger partial charge in [0.05, 0.1) is 0 Å². The molecule has 16 heavy (non-hydrogen) atoms. The molecule has 1 atom stereocenters. The van der Waals surface area contributed by atoms with Gasteiger partial charge in [0.25, 0.3) is 17.6 Å². The van der Waals surface area contributed by atoms with Gasteiger partial charge in [-0.25, -0.2) is 0 Å². The van der Waals surface area contributed by atoms with Crippen LogP contribution in [0.2, 0.25) is 0 Å². The van der Waals surface area contributed by atoms with E-state index in [0.29, 0.717) is 13.0 Å². The molecule has 0 bridgehead atoms. The van der Waals surface area contributed by atoms with Gasteiger partial charge >= 0.3 is 0 Å². The number of nitrogens with one attached hydrogen (secondary N) is 2. The Balaban J connectivity index is 2.20. The van der Waals surface area contributed by atoms with E-state index >= 15 is 0 Å². The monoisotopic (exact) mass is 226 g/mol. The first-order valence-electron chi connectivity index (χ1n) is 5.15. The molecule has 1 fully saturated rings. The predicted molar refractivity (Wildman–Crippen MR) is 53.7 cm³/mol. The van der Waals surface area contributed by atoms with Crippen molar-refractivity contribution in [3.8, 4) is 0 Å². The summed E-state index contributed by atoms with van der Waals surface area (Å²) < 4.78 is 4.92. The second-order valence-corrected chi connectivity index (χ2v) is 3.81. The zero-order valence-corrected chi connectivity index (χ0v) is 8.99. The van der Waals surface area contributed by atoms with Crippen LogP contribution in [0.25, 0.3) is 0 Å². The van der Waals surface area contributed by atoms with Gasteiger partial charge in [-0.15, -0.1) is 0 Å². The standard InChI is InChI=1S/C9H14N4O3/c1-10-7(14)6-12-8(16-13-6)9(15)3-2-4-11-5-9/h11,15H,2-5H2,1H3,(H,10,14). The number of hydrogen-bond donors (Lipinski definition) is 3. The van der Waals surface area contributed by atoms with Gasteiger partial charge in [0.1, 0.15) is 0 Å². The van der Waals surface area contributed by atoms with Crippen LogP contribution in [0.5, 0.6) is 0 Å². The second kappa shape index (κ2) is 4.18. The highest BCUT2D eigenvalue weighted by molar-refractivity contribution is 5.89. The Morgan fingerprint density at radius 2 is 2.50 bits per heavy atom. The fraction of sp³-hybridized carbons (Fsp3) is 0.667. The van der Waals surface area contributed by atoms with Crippen molar-refractivity contribution in [2.75, 3.05) is 20.1 Å². The van der Waals surface area contributed by atoms with E-state index in [1.54, 1.807) is 0 Å². The molecule has 1 aromatic rings. The highest BCUT2D eigenvalue weighted by Crippen LogP contribution is 2.26. The Kier molecular flexibility index (Phi) is 2.88. The summed E-state index contributed by atoms with van der Waals surface area (Å²) in [6, 6.07) is 0. The van der Waals surface area contributed by atoms with Crippen molar-refractivity contribution in [2.45, 2.75) is 18.4 Å². The molecule has 0 aromatic carbocycles. The smallest absolute Gasteiger partial charge is 0.292 e. The summed E-state index contributed by atoms with van der Waals surface area (Å²) >= 11 is 0. The number of carbonyl (C=O) groups excluding carboxylic acids is 1. The lowest BCUT2D eigenvalue weighted by Gasteiger charge is -2.28. The largest absolute Gasteiger partial charge is 0.379 e. The number of nitrogens with zero attached hydrogens (tertiary/aromatic N) is 2. The number of carbonyl (C=O) groups is 1. The molecule has 0 spiro atoms. The molecule has 88 valence electrons. The van der Waals surface area contributed by atoms with Crippen LogP contribution in [0.15, 0.2) is 4.52 Å². The normalized spacial score (nSPS) is 25.4. The Hall–Kier alpha value is -1.47. The molecule has 1 unspecified atom stereocenters. The van der Waals surface area contributed by atoms with Crippen LogP contribution in [0.4, 0.5) is 0 Å². The quantitative estimate of drug-likeness (QED) is 0.598. The Morgan fingerprint density at radius 3 is 3.12 bits per heavy atom. The maximum Gasteiger partial charge on any atom is 0.292 e. The van der Waals surface area contributed by atoms with Crippen molar-refractivity contribution in [3.05, 3.63) is 11.7 Å². The van der Waals surface area contributed by atoms with Crippen molar-refractivity contribution in [3.63, 3.8) is 0 Å². The number of piperidine rings is 1. The highest BCUT2D eigenvalue weighted by atomic mass is 16.5. The summed E-state index contributed by atoms with van der Waals surface area (Å²) in [4.78, 5) is 15.1. The minimum absolute atomic E-state index is 0.0588. The van der Waals surface area contributed by atoms with Gasteiger partial charge < -0.3 is 20.3 Å². The van der Waals surface area contributed by atoms with Gasteiger partial charge in [-0.05, 0) is 19.4 Å². The Morgan fingerprint density at radius 1 is 1.69 bits per heavy atom. The molecule has 0 aliphatic carbocycles. The number of β-amino-alcohol motifs (C(OH)–C–C–N with tert-alkyl or cyclic N) is 1. The predicted octanol–water partition coefficient (Wildman–Crippen LogP) is -1.000. The lowest BCUT2D eigenvalue weighted by molar-refractivity contribution is -0.0167. The zero-order valence-electron chi connectivity index (χ0n) is 8.99. The van der Waals surface area contributed by atoms with Gasteiger partial charge in [-0.2, -0.15) is 4.98 Å². The molecule has 3 N–H and O–H groups in total. The molecule has 1 aliphatic rings. The zero-order chi connectivity index (χ0) is 11.6. The van der Waals surface area contributed by atoms with E-state index in [-0.39, 0.29) is 11.7 Å². The number of hydrogen-bond acceptors (Lipinski definition) is 6. The van der Waals surface area contributed by atoms with Crippen molar-refractivity contribution >= 4 is 5.91 Å². The van der Waals surface area contributed by atoms with Gasteiger partial charge in [0.15, 0.2) is 5.60 Å². The van der Waals surface area contributed by atoms with E-state index in [9.17, 15) is 9.90 Å². The fourth-order valence-electron chi connectivity index (χ4n) is 1.69. The topological polar surface area (TPSA) is 100 Å². The molecular weight excluding hydrogens is 212 g/mol. The SMILES string of the molecule is CNC(=O)c1noc(C2(O)CCCNC2)n1. The first kappa shape index (κ1) is 11.0. The Bertz CT molecular complexity index is 384. The van der Waals surface area contributed by atoms with E-state index in [1.807, 2.05) is 0 Å². The van der Waals surface area contributed by atoms with Gasteiger partial charge in [-0.3, -0.25) is 4.79 Å². The average Bonchev–Trinajstić information content (AvgIpc) is 2.79. The summed E-state index contributed by atoms with van der Waals surface area (Å²) in [5.74, 6) is -0.392. The van der Waals surface area contributed by atoms with Crippen LogP contribution in [-0.4, -0.2) is 41.3 Å². The van der Waals surface area contributed by atoms with E-state index < -0.39 is 11.5 Å². The minimum atomic E-state index is -1.16. The highest BCUT2D eigenvalue weighted by Gasteiger charge is 2.37. The third-order valence-electron chi connectivity index (χ3n) is 2.62. The van der Waals surface area contributed by atoms with Gasteiger partial charge in [0.2, 0.25) is 0 Å². The maximum atomic E-state index is 11.2. The second-order valence-electron chi connectivity index (χ2n) is 3.81. The Labute approximate surface area is 92.2 Å². The van der Waals surface area contributed by atoms with Crippen LogP contribution >= 0.6 is 0 Å². The molecule has 1 amide bonds. The summed E-state index contributed by atoms with van der Waals surface area (Å²) in [5, 5.41) is 19.2. The molecule has 2 rings (SSSR count). The van der Waals surface area contributed by atoms with E-state index in [1.165, 1.54) is 7.05 Å². The fourth-order valence-corrected chi connectivity index (χ4v) is 1.69. The third kappa shape index (κ3) is 1.91. The lowest BCUT2D eigenvalue weighted by Crippen LogP contribution is -2.43. The molecule has 7 nitrogen and oxygen atoms in total. The van der Waals surface area contributed by atoms with Crippen molar-refractivity contribution in [1.82, 2.24) is 20.8 Å². The average molecular weight is 226 g/mol. The van der Waals surface area contributed by atoms with Gasteiger partial charge in [-0.1, -0.05) is 5.16 Å². The maximum absolute atomic E-state index is 11.2. The number of amides is 1. The molecule has 0 saturated carbocycles. The molecule has 2 heterocycles. The van der Waals surface area contributed by atoms with E-state index in [4.69, 9.17) is 4.52 Å². The summed E-state index contributed by atoms with van der Waals surface area (Å²) in [6.07, 6.45) is 1.38. The summed E-state index contributed by atoms with van der Waals surface area (Å²) in [6.45, 7) is 1.22. The lowest BCUT2D eigenvalue weighted by atomic mass is 9.94. The van der Waals surface area contributed by atoms with E-state index in [2.05, 4.69) is 20.8 Å². The minimum Gasteiger partial charge on any atom is -0.379 e. The summed E-state index contributed by atoms with van der Waals surface area (Å²) in [5.41, 5.74) is -1.16. The van der Waals surface area contributed by atoms with Crippen LogP contribution in [-0.2, 0) is 5.60 Å². The first-order valence-corrected chi connectivity index (χ1v) is 5.15. The van der Waals surface area contributed by atoms with Crippen LogP contribution in [0.3, 0.4) is 0 Å². The number of aliphatic hydroxyl groups is 1. The molecule has 1 aromatic heterocycles. The molecule has 1 saturated heterocycles. The van der Waals surface area contributed by atoms with E-state index in [0.717, 1.165) is 13.0 Å². The van der Waals surface area contributed by atoms with Crippen LogP contribution < -0.4 is 10.6 Å². The molecule has 1 aliphatic heterocycles. The van der Waals surface area contributed by atoms with Gasteiger partial charge in [0, 0.05) is 13.6 Å². The number of aromatic nitrogens is 2. The van der Waals surface area contributed by atoms with Crippen LogP contribution in [0, 0.1) is 0 Å².